The van der Waals surface area contributed by atoms with Gasteiger partial charge in [0.15, 0.2) is 0 Å². The van der Waals surface area contributed by atoms with Crippen molar-refractivity contribution in [3.63, 3.8) is 0 Å². The zero-order valence-electron chi connectivity index (χ0n) is 20.1. The smallest absolute Gasteiger partial charge is 0.257 e. The molecular weight excluding hydrogens is 428 g/mol. The van der Waals surface area contributed by atoms with Gasteiger partial charge in [-0.1, -0.05) is 82.7 Å². The fourth-order valence-corrected chi connectivity index (χ4v) is 6.50. The lowest BCUT2D eigenvalue weighted by molar-refractivity contribution is -0.116. The second kappa shape index (κ2) is 11.3. The summed E-state index contributed by atoms with van der Waals surface area (Å²) in [5.41, 5.74) is 2.68. The third-order valence-electron chi connectivity index (χ3n) is 7.11. The van der Waals surface area contributed by atoms with Crippen LogP contribution in [0.25, 0.3) is 11.1 Å². The molecular formula is C28H38N2O2S. The molecule has 0 radical (unpaired) electrons. The average molecular weight is 467 g/mol. The van der Waals surface area contributed by atoms with Gasteiger partial charge >= 0.3 is 0 Å². The molecule has 178 valence electrons. The van der Waals surface area contributed by atoms with Gasteiger partial charge in [0.2, 0.25) is 5.91 Å². The van der Waals surface area contributed by atoms with Crippen LogP contribution in [0, 0.1) is 5.92 Å². The summed E-state index contributed by atoms with van der Waals surface area (Å²) < 4.78 is 0. The van der Waals surface area contributed by atoms with Crippen LogP contribution in [-0.4, -0.2) is 28.8 Å². The van der Waals surface area contributed by atoms with Gasteiger partial charge in [-0.2, -0.15) is 0 Å². The van der Waals surface area contributed by atoms with Crippen LogP contribution in [0.2, 0.25) is 0 Å². The molecule has 4 nitrogen and oxygen atoms in total. The topological polar surface area (TPSA) is 49.4 Å². The number of amides is 2. The first-order chi connectivity index (χ1) is 16.0. The molecule has 0 aliphatic heterocycles. The Morgan fingerprint density at radius 3 is 2.06 bits per heavy atom. The highest BCUT2D eigenvalue weighted by Gasteiger charge is 2.36. The Morgan fingerprint density at radius 2 is 1.52 bits per heavy atom. The molecule has 0 atom stereocenters. The van der Waals surface area contributed by atoms with Gasteiger partial charge in [-0.15, -0.1) is 11.3 Å². The van der Waals surface area contributed by atoms with Crippen molar-refractivity contribution in [3.05, 3.63) is 41.3 Å². The minimum atomic E-state index is -0.0117. The Bertz CT molecular complexity index is 907. The first kappa shape index (κ1) is 24.0. The minimum absolute atomic E-state index is 0.0117. The largest absolute Gasteiger partial charge is 0.333 e. The summed E-state index contributed by atoms with van der Waals surface area (Å²) in [5.74, 6) is 0.384. The molecule has 33 heavy (non-hydrogen) atoms. The fourth-order valence-electron chi connectivity index (χ4n) is 5.52. The molecule has 2 saturated carbocycles. The van der Waals surface area contributed by atoms with E-state index in [1.807, 2.05) is 37.4 Å². The number of carbonyl (C=O) groups is 2. The zero-order chi connectivity index (χ0) is 23.2. The number of nitrogens with one attached hydrogen (secondary N) is 1. The van der Waals surface area contributed by atoms with Crippen molar-refractivity contribution in [2.24, 2.45) is 5.92 Å². The van der Waals surface area contributed by atoms with Crippen LogP contribution in [0.3, 0.4) is 0 Å². The van der Waals surface area contributed by atoms with Crippen molar-refractivity contribution >= 4 is 28.2 Å². The number of anilines is 1. The van der Waals surface area contributed by atoms with Gasteiger partial charge in [-0.05, 0) is 37.2 Å². The van der Waals surface area contributed by atoms with E-state index in [0.29, 0.717) is 29.1 Å². The summed E-state index contributed by atoms with van der Waals surface area (Å²) in [4.78, 5) is 29.3. The third-order valence-corrected chi connectivity index (χ3v) is 8.00. The van der Waals surface area contributed by atoms with Crippen LogP contribution in [0.1, 0.15) is 94.8 Å². The molecule has 4 rings (SSSR count). The Morgan fingerprint density at radius 1 is 0.939 bits per heavy atom. The fraction of sp³-hybridized carbons (Fsp3) is 0.571. The van der Waals surface area contributed by atoms with Gasteiger partial charge < -0.3 is 10.2 Å². The highest BCUT2D eigenvalue weighted by atomic mass is 32.1. The Kier molecular flexibility index (Phi) is 8.24. The Balaban J connectivity index is 1.73. The van der Waals surface area contributed by atoms with Crippen molar-refractivity contribution < 1.29 is 9.59 Å². The number of thiophene rings is 1. The predicted molar refractivity (Wildman–Crippen MR) is 138 cm³/mol. The summed E-state index contributed by atoms with van der Waals surface area (Å²) in [7, 11) is 0. The molecule has 2 aliphatic carbocycles. The first-order valence-corrected chi connectivity index (χ1v) is 13.7. The molecule has 1 heterocycles. The molecule has 1 aromatic carbocycles. The van der Waals surface area contributed by atoms with E-state index in [2.05, 4.69) is 22.3 Å². The summed E-state index contributed by atoms with van der Waals surface area (Å²) in [5, 5.41) is 5.86. The Labute approximate surface area is 202 Å². The van der Waals surface area contributed by atoms with Gasteiger partial charge in [0, 0.05) is 29.4 Å². The van der Waals surface area contributed by atoms with Crippen molar-refractivity contribution in [1.82, 2.24) is 4.90 Å². The van der Waals surface area contributed by atoms with Gasteiger partial charge in [-0.3, -0.25) is 9.59 Å². The number of rotatable bonds is 7. The SMILES string of the molecule is CC(C)CC(=O)Nc1scc(-c2ccccc2)c1C(=O)N(C1CCCCC1)C1CCCCC1. The van der Waals surface area contributed by atoms with Gasteiger partial charge in [0.1, 0.15) is 5.00 Å². The monoisotopic (exact) mass is 466 g/mol. The summed E-state index contributed by atoms with van der Waals surface area (Å²) in [6.45, 7) is 4.09. The molecule has 2 amide bonds. The zero-order valence-corrected chi connectivity index (χ0v) is 21.0. The normalized spacial score (nSPS) is 17.8. The van der Waals surface area contributed by atoms with Crippen LogP contribution >= 0.6 is 11.3 Å². The number of hydrogen-bond donors (Lipinski definition) is 1. The summed E-state index contributed by atoms with van der Waals surface area (Å²) in [6.07, 6.45) is 12.2. The molecule has 0 spiro atoms. The van der Waals surface area contributed by atoms with E-state index in [1.54, 1.807) is 0 Å². The lowest BCUT2D eigenvalue weighted by Crippen LogP contribution is -2.49. The second-order valence-corrected chi connectivity index (χ2v) is 11.0. The van der Waals surface area contributed by atoms with Gasteiger partial charge in [0.25, 0.3) is 5.91 Å². The van der Waals surface area contributed by atoms with Gasteiger partial charge in [0.05, 0.1) is 5.56 Å². The quantitative estimate of drug-likeness (QED) is 0.459. The van der Waals surface area contributed by atoms with Crippen LogP contribution in [0.15, 0.2) is 35.7 Å². The maximum atomic E-state index is 14.4. The summed E-state index contributed by atoms with van der Waals surface area (Å²) in [6, 6.07) is 10.8. The van der Waals surface area contributed by atoms with E-state index in [9.17, 15) is 9.59 Å². The Hall–Kier alpha value is -2.14. The van der Waals surface area contributed by atoms with Crippen LogP contribution in [0.4, 0.5) is 5.00 Å². The van der Waals surface area contributed by atoms with Crippen LogP contribution < -0.4 is 5.32 Å². The molecule has 2 aliphatic rings. The van der Waals surface area contributed by atoms with E-state index in [0.717, 1.165) is 36.8 Å². The van der Waals surface area contributed by atoms with Crippen molar-refractivity contribution in [2.75, 3.05) is 5.32 Å². The van der Waals surface area contributed by atoms with E-state index in [1.165, 1.54) is 49.9 Å². The van der Waals surface area contributed by atoms with E-state index >= 15 is 0 Å². The highest BCUT2D eigenvalue weighted by Crippen LogP contribution is 2.39. The number of carbonyl (C=O) groups excluding carboxylic acids is 2. The van der Waals surface area contributed by atoms with E-state index < -0.39 is 0 Å². The van der Waals surface area contributed by atoms with E-state index in [-0.39, 0.29) is 17.7 Å². The molecule has 2 aromatic rings. The van der Waals surface area contributed by atoms with Crippen molar-refractivity contribution in [1.29, 1.82) is 0 Å². The first-order valence-electron chi connectivity index (χ1n) is 12.8. The minimum Gasteiger partial charge on any atom is -0.333 e. The number of benzene rings is 1. The second-order valence-electron chi connectivity index (χ2n) is 10.2. The molecule has 0 saturated heterocycles. The maximum Gasteiger partial charge on any atom is 0.257 e. The predicted octanol–water partition coefficient (Wildman–Crippen LogP) is 7.51. The van der Waals surface area contributed by atoms with Crippen LogP contribution in [0.5, 0.6) is 0 Å². The number of hydrogen-bond acceptors (Lipinski definition) is 3. The lowest BCUT2D eigenvalue weighted by Gasteiger charge is -2.42. The van der Waals surface area contributed by atoms with Crippen molar-refractivity contribution in [2.45, 2.75) is 96.6 Å². The highest BCUT2D eigenvalue weighted by molar-refractivity contribution is 7.15. The molecule has 1 aromatic heterocycles. The average Bonchev–Trinajstić information content (AvgIpc) is 3.24. The summed E-state index contributed by atoms with van der Waals surface area (Å²) >= 11 is 1.49. The maximum absolute atomic E-state index is 14.4. The standard InChI is InChI=1S/C28H38N2O2S/c1-20(2)18-25(31)29-27-26(24(19-33-27)21-12-6-3-7-13-21)28(32)30(22-14-8-4-9-15-22)23-16-10-5-11-17-23/h3,6-7,12-13,19-20,22-23H,4-5,8-11,14-18H2,1-2H3,(H,29,31). The van der Waals surface area contributed by atoms with Crippen LogP contribution in [-0.2, 0) is 4.79 Å². The molecule has 5 heteroatoms. The lowest BCUT2D eigenvalue weighted by atomic mass is 9.87. The van der Waals surface area contributed by atoms with Crippen molar-refractivity contribution in [3.8, 4) is 11.1 Å². The third kappa shape index (κ3) is 5.87. The molecule has 2 fully saturated rings. The van der Waals surface area contributed by atoms with E-state index in [4.69, 9.17) is 0 Å². The van der Waals surface area contributed by atoms with Gasteiger partial charge in [-0.25, -0.2) is 0 Å². The number of nitrogens with zero attached hydrogens (tertiary/aromatic N) is 1. The molecule has 1 N–H and O–H groups in total. The molecule has 0 unspecified atom stereocenters. The molecule has 0 bridgehead atoms.